The molecular weight excluding hydrogens is 148 g/mol. The fourth-order valence-electron chi connectivity index (χ4n) is 2.28. The molecule has 2 unspecified atom stereocenters. The maximum atomic E-state index is 9.76. The van der Waals surface area contributed by atoms with E-state index in [1.165, 1.54) is 24.8 Å². The zero-order valence-electron chi connectivity index (χ0n) is 7.37. The van der Waals surface area contributed by atoms with Crippen LogP contribution in [-0.4, -0.2) is 11.2 Å². The van der Waals surface area contributed by atoms with E-state index in [0.29, 0.717) is 5.92 Å². The van der Waals surface area contributed by atoms with Crippen molar-refractivity contribution in [3.63, 3.8) is 0 Å². The van der Waals surface area contributed by atoms with Crippen LogP contribution < -0.4 is 0 Å². The van der Waals surface area contributed by atoms with Crippen LogP contribution in [0.5, 0.6) is 0 Å². The van der Waals surface area contributed by atoms with E-state index < -0.39 is 0 Å². The van der Waals surface area contributed by atoms with Gasteiger partial charge in [-0.2, -0.15) is 0 Å². The summed E-state index contributed by atoms with van der Waals surface area (Å²) in [5.74, 6) is 0.466. The fraction of sp³-hybridized carbons (Fsp3) is 0.636. The maximum absolute atomic E-state index is 9.76. The van der Waals surface area contributed by atoms with Gasteiger partial charge in [0.25, 0.3) is 0 Å². The first-order valence-corrected chi connectivity index (χ1v) is 4.91. The van der Waals surface area contributed by atoms with Crippen molar-refractivity contribution in [3.8, 4) is 0 Å². The van der Waals surface area contributed by atoms with Gasteiger partial charge in [-0.25, -0.2) is 0 Å². The van der Waals surface area contributed by atoms with Gasteiger partial charge in [-0.05, 0) is 19.3 Å². The van der Waals surface area contributed by atoms with E-state index in [2.05, 4.69) is 18.2 Å². The van der Waals surface area contributed by atoms with E-state index >= 15 is 0 Å². The standard InChI is InChI=1S/C11H16O/c12-11-8-4-3-7-10(11)9-5-1-2-6-9/h1-2,5,10-12H,3-4,6-8H2. The van der Waals surface area contributed by atoms with E-state index in [9.17, 15) is 5.11 Å². The van der Waals surface area contributed by atoms with E-state index in [0.717, 1.165) is 12.8 Å². The molecule has 0 heterocycles. The minimum atomic E-state index is -0.0649. The van der Waals surface area contributed by atoms with Gasteiger partial charge in [0.15, 0.2) is 0 Å². The molecule has 66 valence electrons. The highest BCUT2D eigenvalue weighted by molar-refractivity contribution is 5.26. The average Bonchev–Trinajstić information content (AvgIpc) is 2.57. The predicted molar refractivity (Wildman–Crippen MR) is 49.8 cm³/mol. The Labute approximate surface area is 73.8 Å². The van der Waals surface area contributed by atoms with Gasteiger partial charge < -0.3 is 5.11 Å². The molecule has 1 fully saturated rings. The van der Waals surface area contributed by atoms with Crippen molar-refractivity contribution in [1.29, 1.82) is 0 Å². The van der Waals surface area contributed by atoms with Crippen molar-refractivity contribution in [2.45, 2.75) is 38.2 Å². The highest BCUT2D eigenvalue weighted by Crippen LogP contribution is 2.33. The number of aliphatic hydroxyl groups excluding tert-OH is 1. The number of hydrogen-bond donors (Lipinski definition) is 1. The van der Waals surface area contributed by atoms with E-state index in [1.807, 2.05) is 0 Å². The Bertz CT molecular complexity index is 215. The largest absolute Gasteiger partial charge is 0.393 e. The number of aliphatic hydroxyl groups is 1. The Balaban J connectivity index is 2.01. The van der Waals surface area contributed by atoms with Gasteiger partial charge in [0.05, 0.1) is 6.10 Å². The quantitative estimate of drug-likeness (QED) is 0.631. The van der Waals surface area contributed by atoms with E-state index in [4.69, 9.17) is 0 Å². The maximum Gasteiger partial charge on any atom is 0.0605 e. The Hall–Kier alpha value is -0.560. The van der Waals surface area contributed by atoms with Crippen LogP contribution in [0.2, 0.25) is 0 Å². The molecule has 1 N–H and O–H groups in total. The van der Waals surface area contributed by atoms with Crippen molar-refractivity contribution >= 4 is 0 Å². The third-order valence-electron chi connectivity index (χ3n) is 3.01. The first kappa shape index (κ1) is 8.06. The molecule has 0 aromatic carbocycles. The zero-order chi connectivity index (χ0) is 8.39. The summed E-state index contributed by atoms with van der Waals surface area (Å²) < 4.78 is 0. The molecule has 0 radical (unpaired) electrons. The lowest BCUT2D eigenvalue weighted by Gasteiger charge is -2.28. The first-order chi connectivity index (χ1) is 5.88. The van der Waals surface area contributed by atoms with Crippen LogP contribution in [0, 0.1) is 5.92 Å². The molecule has 0 spiro atoms. The zero-order valence-corrected chi connectivity index (χ0v) is 7.37. The third-order valence-corrected chi connectivity index (χ3v) is 3.01. The van der Waals surface area contributed by atoms with Gasteiger partial charge in [0.2, 0.25) is 0 Å². The molecule has 2 aliphatic carbocycles. The summed E-state index contributed by atoms with van der Waals surface area (Å²) in [6.07, 6.45) is 12.2. The number of hydrogen-bond acceptors (Lipinski definition) is 1. The summed E-state index contributed by atoms with van der Waals surface area (Å²) in [6.45, 7) is 0. The Morgan fingerprint density at radius 3 is 2.75 bits per heavy atom. The topological polar surface area (TPSA) is 20.2 Å². The van der Waals surface area contributed by atoms with Crippen molar-refractivity contribution in [2.75, 3.05) is 0 Å². The van der Waals surface area contributed by atoms with Gasteiger partial charge in [0.1, 0.15) is 0 Å². The fourth-order valence-corrected chi connectivity index (χ4v) is 2.28. The summed E-state index contributed by atoms with van der Waals surface area (Å²) in [5, 5.41) is 9.76. The smallest absolute Gasteiger partial charge is 0.0605 e. The second-order valence-corrected chi connectivity index (χ2v) is 3.83. The van der Waals surface area contributed by atoms with E-state index in [1.54, 1.807) is 0 Å². The molecule has 12 heavy (non-hydrogen) atoms. The number of rotatable bonds is 1. The van der Waals surface area contributed by atoms with Crippen molar-refractivity contribution in [1.82, 2.24) is 0 Å². The molecule has 0 amide bonds. The van der Waals surface area contributed by atoms with Crippen LogP contribution in [0.25, 0.3) is 0 Å². The molecule has 2 rings (SSSR count). The molecule has 2 aliphatic rings. The van der Waals surface area contributed by atoms with Crippen molar-refractivity contribution in [3.05, 3.63) is 23.8 Å². The molecular formula is C11H16O. The Morgan fingerprint density at radius 1 is 1.25 bits per heavy atom. The predicted octanol–water partition coefficient (Wildman–Crippen LogP) is 2.42. The second-order valence-electron chi connectivity index (χ2n) is 3.83. The summed E-state index contributed by atoms with van der Waals surface area (Å²) in [6, 6.07) is 0. The van der Waals surface area contributed by atoms with Gasteiger partial charge in [-0.1, -0.05) is 36.6 Å². The highest BCUT2D eigenvalue weighted by Gasteiger charge is 2.25. The normalized spacial score (nSPS) is 35.2. The Kier molecular flexibility index (Phi) is 2.31. The van der Waals surface area contributed by atoms with Gasteiger partial charge in [-0.15, -0.1) is 0 Å². The molecule has 0 saturated heterocycles. The number of allylic oxidation sites excluding steroid dienone is 3. The van der Waals surface area contributed by atoms with Crippen LogP contribution in [0.15, 0.2) is 23.8 Å². The lowest BCUT2D eigenvalue weighted by atomic mass is 9.81. The summed E-state index contributed by atoms with van der Waals surface area (Å²) in [7, 11) is 0. The van der Waals surface area contributed by atoms with Gasteiger partial charge in [0, 0.05) is 5.92 Å². The van der Waals surface area contributed by atoms with Gasteiger partial charge >= 0.3 is 0 Å². The SMILES string of the molecule is OC1CCCCC1C1=CC=CC1. The summed E-state index contributed by atoms with van der Waals surface area (Å²) in [4.78, 5) is 0. The molecule has 0 aliphatic heterocycles. The van der Waals surface area contributed by atoms with Crippen molar-refractivity contribution < 1.29 is 5.11 Å². The van der Waals surface area contributed by atoms with E-state index in [-0.39, 0.29) is 6.10 Å². The summed E-state index contributed by atoms with van der Waals surface area (Å²) in [5.41, 5.74) is 1.45. The molecule has 0 aromatic heterocycles. The lowest BCUT2D eigenvalue weighted by molar-refractivity contribution is 0.0867. The van der Waals surface area contributed by atoms with Crippen LogP contribution in [-0.2, 0) is 0 Å². The molecule has 0 bridgehead atoms. The van der Waals surface area contributed by atoms with Crippen LogP contribution in [0.4, 0.5) is 0 Å². The molecule has 2 atom stereocenters. The highest BCUT2D eigenvalue weighted by atomic mass is 16.3. The van der Waals surface area contributed by atoms with Gasteiger partial charge in [-0.3, -0.25) is 0 Å². The monoisotopic (exact) mass is 164 g/mol. The summed E-state index contributed by atoms with van der Waals surface area (Å²) >= 11 is 0. The molecule has 1 nitrogen and oxygen atoms in total. The molecule has 0 aromatic rings. The minimum Gasteiger partial charge on any atom is -0.393 e. The Morgan fingerprint density at radius 2 is 2.08 bits per heavy atom. The minimum absolute atomic E-state index is 0.0649. The van der Waals surface area contributed by atoms with Crippen LogP contribution >= 0.6 is 0 Å². The average molecular weight is 164 g/mol. The molecule has 1 saturated carbocycles. The molecule has 1 heteroatoms. The van der Waals surface area contributed by atoms with Crippen LogP contribution in [0.3, 0.4) is 0 Å². The first-order valence-electron chi connectivity index (χ1n) is 4.91. The third kappa shape index (κ3) is 1.46. The lowest BCUT2D eigenvalue weighted by Crippen LogP contribution is -2.25. The van der Waals surface area contributed by atoms with Crippen LogP contribution in [0.1, 0.15) is 32.1 Å². The second kappa shape index (κ2) is 3.44. The van der Waals surface area contributed by atoms with Crippen molar-refractivity contribution in [2.24, 2.45) is 5.92 Å².